The zero-order valence-corrected chi connectivity index (χ0v) is 12.0. The summed E-state index contributed by atoms with van der Waals surface area (Å²) in [5, 5.41) is 0. The van der Waals surface area contributed by atoms with E-state index in [9.17, 15) is 14.0 Å². The van der Waals surface area contributed by atoms with Gasteiger partial charge in [0.2, 0.25) is 11.8 Å². The van der Waals surface area contributed by atoms with Crippen LogP contribution >= 0.6 is 0 Å². The van der Waals surface area contributed by atoms with Crippen LogP contribution in [0.25, 0.3) is 6.08 Å². The lowest BCUT2D eigenvalue weighted by Crippen LogP contribution is -2.48. The van der Waals surface area contributed by atoms with E-state index in [2.05, 4.69) is 0 Å². The lowest BCUT2D eigenvalue weighted by Gasteiger charge is -2.36. The molecule has 1 fully saturated rings. The molecule has 5 heteroatoms. The molecule has 2 unspecified atom stereocenters. The van der Waals surface area contributed by atoms with Crippen LogP contribution in [0.2, 0.25) is 0 Å². The average molecular weight is 290 g/mol. The summed E-state index contributed by atoms with van der Waals surface area (Å²) in [4.78, 5) is 25.1. The number of nitrogens with two attached hydrogens (primary N) is 1. The summed E-state index contributed by atoms with van der Waals surface area (Å²) >= 11 is 0. The molecule has 1 aromatic rings. The fourth-order valence-corrected chi connectivity index (χ4v) is 2.52. The van der Waals surface area contributed by atoms with E-state index in [4.69, 9.17) is 5.73 Å². The smallest absolute Gasteiger partial charge is 0.246 e. The number of hydrogen-bond acceptors (Lipinski definition) is 2. The molecule has 2 amide bonds. The molecule has 1 aliphatic heterocycles. The predicted octanol–water partition coefficient (Wildman–Crippen LogP) is 1.95. The van der Waals surface area contributed by atoms with Gasteiger partial charge in [0.25, 0.3) is 0 Å². The second kappa shape index (κ2) is 6.52. The van der Waals surface area contributed by atoms with Crippen LogP contribution in [0.1, 0.15) is 25.3 Å². The molecule has 21 heavy (non-hydrogen) atoms. The number of rotatable bonds is 3. The quantitative estimate of drug-likeness (QED) is 0.865. The van der Waals surface area contributed by atoms with Gasteiger partial charge in [-0.3, -0.25) is 9.59 Å². The number of carbonyl (C=O) groups is 2. The van der Waals surface area contributed by atoms with E-state index in [-0.39, 0.29) is 29.6 Å². The highest BCUT2D eigenvalue weighted by atomic mass is 19.1. The first-order valence-corrected chi connectivity index (χ1v) is 7.01. The molecule has 1 heterocycles. The SMILES string of the molecule is CC1CCC(C(N)=O)CN1C(=O)/C=C/c1cccc(F)c1. The Balaban J connectivity index is 2.06. The molecule has 0 aliphatic carbocycles. The third-order valence-corrected chi connectivity index (χ3v) is 3.83. The number of hydrogen-bond donors (Lipinski definition) is 1. The molecule has 0 aromatic heterocycles. The lowest BCUT2D eigenvalue weighted by atomic mass is 9.93. The molecular weight excluding hydrogens is 271 g/mol. The van der Waals surface area contributed by atoms with Gasteiger partial charge in [-0.05, 0) is 43.5 Å². The molecule has 0 spiro atoms. The minimum atomic E-state index is -0.367. The number of primary amides is 1. The monoisotopic (exact) mass is 290 g/mol. The number of halogens is 1. The first kappa shape index (κ1) is 15.2. The fourth-order valence-electron chi connectivity index (χ4n) is 2.52. The van der Waals surface area contributed by atoms with Crippen molar-refractivity contribution in [2.75, 3.05) is 6.54 Å². The van der Waals surface area contributed by atoms with Crippen LogP contribution in [0.5, 0.6) is 0 Å². The largest absolute Gasteiger partial charge is 0.369 e. The number of benzene rings is 1. The van der Waals surface area contributed by atoms with Gasteiger partial charge in [-0.1, -0.05) is 12.1 Å². The summed E-state index contributed by atoms with van der Waals surface area (Å²) in [5.41, 5.74) is 5.94. The molecule has 4 nitrogen and oxygen atoms in total. The highest BCUT2D eigenvalue weighted by Crippen LogP contribution is 2.22. The second-order valence-corrected chi connectivity index (χ2v) is 5.40. The third-order valence-electron chi connectivity index (χ3n) is 3.83. The lowest BCUT2D eigenvalue weighted by molar-refractivity contribution is -0.133. The molecular formula is C16H19FN2O2. The minimum absolute atomic E-state index is 0.0743. The molecule has 0 saturated carbocycles. The van der Waals surface area contributed by atoms with Gasteiger partial charge in [0.1, 0.15) is 5.82 Å². The normalized spacial score (nSPS) is 22.5. The van der Waals surface area contributed by atoms with E-state index in [0.29, 0.717) is 18.5 Å². The van der Waals surface area contributed by atoms with Crippen molar-refractivity contribution >= 4 is 17.9 Å². The number of carbonyl (C=O) groups excluding carboxylic acids is 2. The van der Waals surface area contributed by atoms with Crippen molar-refractivity contribution in [3.63, 3.8) is 0 Å². The van der Waals surface area contributed by atoms with Gasteiger partial charge in [0.05, 0.1) is 5.92 Å². The Morgan fingerprint density at radius 3 is 2.81 bits per heavy atom. The molecule has 2 N–H and O–H groups in total. The van der Waals surface area contributed by atoms with Gasteiger partial charge in [-0.15, -0.1) is 0 Å². The van der Waals surface area contributed by atoms with Crippen LogP contribution in [-0.2, 0) is 9.59 Å². The van der Waals surface area contributed by atoms with Crippen LogP contribution in [0.15, 0.2) is 30.3 Å². The van der Waals surface area contributed by atoms with Crippen LogP contribution in [0, 0.1) is 11.7 Å². The van der Waals surface area contributed by atoms with E-state index < -0.39 is 0 Å². The van der Waals surface area contributed by atoms with E-state index in [1.54, 1.807) is 23.1 Å². The molecule has 2 atom stereocenters. The van der Waals surface area contributed by atoms with Gasteiger partial charge in [0.15, 0.2) is 0 Å². The summed E-state index contributed by atoms with van der Waals surface area (Å²) in [7, 11) is 0. The highest BCUT2D eigenvalue weighted by molar-refractivity contribution is 5.92. The van der Waals surface area contributed by atoms with Gasteiger partial charge in [0, 0.05) is 18.7 Å². The Morgan fingerprint density at radius 2 is 2.14 bits per heavy atom. The van der Waals surface area contributed by atoms with Gasteiger partial charge >= 0.3 is 0 Å². The van der Waals surface area contributed by atoms with Crippen molar-refractivity contribution in [1.29, 1.82) is 0 Å². The Bertz CT molecular complexity index is 571. The molecule has 1 aliphatic rings. The summed E-state index contributed by atoms with van der Waals surface area (Å²) in [6.45, 7) is 2.30. The van der Waals surface area contributed by atoms with Crippen LogP contribution in [-0.4, -0.2) is 29.3 Å². The van der Waals surface area contributed by atoms with Gasteiger partial charge < -0.3 is 10.6 Å². The van der Waals surface area contributed by atoms with E-state index in [1.807, 2.05) is 6.92 Å². The van der Waals surface area contributed by atoms with Crippen molar-refractivity contribution in [2.45, 2.75) is 25.8 Å². The molecule has 2 rings (SSSR count). The van der Waals surface area contributed by atoms with E-state index in [0.717, 1.165) is 6.42 Å². The maximum atomic E-state index is 13.1. The summed E-state index contributed by atoms with van der Waals surface area (Å²) < 4.78 is 13.1. The van der Waals surface area contributed by atoms with Crippen LogP contribution in [0.3, 0.4) is 0 Å². The number of amides is 2. The first-order valence-electron chi connectivity index (χ1n) is 7.01. The number of likely N-dealkylation sites (tertiary alicyclic amines) is 1. The zero-order valence-electron chi connectivity index (χ0n) is 12.0. The first-order chi connectivity index (χ1) is 9.97. The molecule has 112 valence electrons. The van der Waals surface area contributed by atoms with Gasteiger partial charge in [-0.2, -0.15) is 0 Å². The Morgan fingerprint density at radius 1 is 1.38 bits per heavy atom. The van der Waals surface area contributed by atoms with Crippen molar-refractivity contribution < 1.29 is 14.0 Å². The average Bonchev–Trinajstić information content (AvgIpc) is 2.45. The van der Waals surface area contributed by atoms with Crippen molar-refractivity contribution in [2.24, 2.45) is 11.7 Å². The van der Waals surface area contributed by atoms with E-state index in [1.165, 1.54) is 18.2 Å². The van der Waals surface area contributed by atoms with E-state index >= 15 is 0 Å². The van der Waals surface area contributed by atoms with Gasteiger partial charge in [-0.25, -0.2) is 4.39 Å². The second-order valence-electron chi connectivity index (χ2n) is 5.40. The standard InChI is InChI=1S/C16H19FN2O2/c1-11-5-7-13(16(18)21)10-19(11)15(20)8-6-12-3-2-4-14(17)9-12/h2-4,6,8-9,11,13H,5,7,10H2,1H3,(H2,18,21)/b8-6+. The number of piperidine rings is 1. The topological polar surface area (TPSA) is 63.4 Å². The predicted molar refractivity (Wildman–Crippen MR) is 78.5 cm³/mol. The Hall–Kier alpha value is -2.17. The summed E-state index contributed by atoms with van der Waals surface area (Å²) in [6.07, 6.45) is 4.46. The Kier molecular flexibility index (Phi) is 4.73. The van der Waals surface area contributed by atoms with Crippen molar-refractivity contribution in [1.82, 2.24) is 4.90 Å². The minimum Gasteiger partial charge on any atom is -0.369 e. The maximum absolute atomic E-state index is 13.1. The summed E-state index contributed by atoms with van der Waals surface area (Å²) in [5.74, 6) is -1.18. The molecule has 1 saturated heterocycles. The summed E-state index contributed by atoms with van der Waals surface area (Å²) in [6, 6.07) is 6.09. The van der Waals surface area contributed by atoms with Crippen LogP contribution in [0.4, 0.5) is 4.39 Å². The van der Waals surface area contributed by atoms with Crippen molar-refractivity contribution in [3.05, 3.63) is 41.7 Å². The maximum Gasteiger partial charge on any atom is 0.246 e. The molecule has 1 aromatic carbocycles. The third kappa shape index (κ3) is 3.90. The van der Waals surface area contributed by atoms with Crippen LogP contribution < -0.4 is 5.73 Å². The van der Waals surface area contributed by atoms with Crippen molar-refractivity contribution in [3.8, 4) is 0 Å². The number of nitrogens with zero attached hydrogens (tertiary/aromatic N) is 1. The molecule has 0 bridgehead atoms. The zero-order chi connectivity index (χ0) is 15.4. The fraction of sp³-hybridized carbons (Fsp3) is 0.375. The molecule has 0 radical (unpaired) electrons. The Labute approximate surface area is 123 Å². The highest BCUT2D eigenvalue weighted by Gasteiger charge is 2.30.